The summed E-state index contributed by atoms with van der Waals surface area (Å²) in [5, 5.41) is 3.22. The van der Waals surface area contributed by atoms with Crippen LogP contribution in [0.3, 0.4) is 0 Å². The number of nitrogens with one attached hydrogen (secondary N) is 1. The lowest BCUT2D eigenvalue weighted by atomic mass is 10.2. The Balaban J connectivity index is 1.58. The Labute approximate surface area is 163 Å². The minimum absolute atomic E-state index is 0.210. The molecule has 2 aromatic heterocycles. The Kier molecular flexibility index (Phi) is 4.72. The number of hydrogen-bond donors (Lipinski definition) is 2. The lowest BCUT2D eigenvalue weighted by molar-refractivity contribution is -0.127. The molecule has 1 fully saturated rings. The SMILES string of the molecule is CN(C)c1cccc(Nc2nc(N)c3ncn(CCN4CCCC4=O)c3n2)c1. The van der Waals surface area contributed by atoms with E-state index in [9.17, 15) is 4.79 Å². The van der Waals surface area contributed by atoms with Gasteiger partial charge in [-0.2, -0.15) is 9.97 Å². The van der Waals surface area contributed by atoms with E-state index in [1.165, 1.54) is 0 Å². The van der Waals surface area contributed by atoms with E-state index in [0.717, 1.165) is 24.3 Å². The zero-order valence-electron chi connectivity index (χ0n) is 16.1. The van der Waals surface area contributed by atoms with Crippen molar-refractivity contribution in [1.82, 2.24) is 24.4 Å². The molecule has 3 heterocycles. The third kappa shape index (κ3) is 3.55. The summed E-state index contributed by atoms with van der Waals surface area (Å²) in [6, 6.07) is 7.96. The first-order valence-electron chi connectivity index (χ1n) is 9.32. The highest BCUT2D eigenvalue weighted by molar-refractivity contribution is 5.83. The topological polar surface area (TPSA) is 105 Å². The molecular weight excluding hydrogens is 356 g/mol. The maximum Gasteiger partial charge on any atom is 0.231 e. The van der Waals surface area contributed by atoms with Crippen molar-refractivity contribution >= 4 is 40.2 Å². The first-order chi connectivity index (χ1) is 13.5. The van der Waals surface area contributed by atoms with Crippen LogP contribution in [0.4, 0.5) is 23.1 Å². The molecule has 9 nitrogen and oxygen atoms in total. The highest BCUT2D eigenvalue weighted by Gasteiger charge is 2.20. The first kappa shape index (κ1) is 18.0. The van der Waals surface area contributed by atoms with E-state index in [2.05, 4.69) is 20.3 Å². The molecule has 28 heavy (non-hydrogen) atoms. The van der Waals surface area contributed by atoms with E-state index < -0.39 is 0 Å². The number of benzene rings is 1. The Morgan fingerprint density at radius 1 is 1.25 bits per heavy atom. The molecule has 0 unspecified atom stereocenters. The van der Waals surface area contributed by atoms with Gasteiger partial charge in [-0.3, -0.25) is 4.79 Å². The van der Waals surface area contributed by atoms with Crippen molar-refractivity contribution in [3.63, 3.8) is 0 Å². The normalized spacial score (nSPS) is 14.1. The maximum atomic E-state index is 11.8. The molecule has 1 aliphatic rings. The van der Waals surface area contributed by atoms with E-state index in [4.69, 9.17) is 5.73 Å². The average Bonchev–Trinajstić information content (AvgIpc) is 3.26. The Morgan fingerprint density at radius 2 is 2.11 bits per heavy atom. The van der Waals surface area contributed by atoms with Gasteiger partial charge < -0.3 is 25.4 Å². The number of likely N-dealkylation sites (tertiary alicyclic amines) is 1. The molecule has 3 aromatic rings. The number of carbonyl (C=O) groups excluding carboxylic acids is 1. The zero-order valence-corrected chi connectivity index (χ0v) is 16.1. The molecule has 4 rings (SSSR count). The predicted molar refractivity (Wildman–Crippen MR) is 110 cm³/mol. The number of imidazole rings is 1. The number of nitrogen functional groups attached to an aromatic ring is 1. The molecule has 1 aliphatic heterocycles. The summed E-state index contributed by atoms with van der Waals surface area (Å²) < 4.78 is 1.92. The molecule has 0 radical (unpaired) electrons. The molecule has 0 atom stereocenters. The second kappa shape index (κ2) is 7.34. The van der Waals surface area contributed by atoms with E-state index in [0.29, 0.717) is 42.4 Å². The van der Waals surface area contributed by atoms with E-state index in [-0.39, 0.29) is 5.91 Å². The van der Waals surface area contributed by atoms with Crippen LogP contribution in [-0.2, 0) is 11.3 Å². The van der Waals surface area contributed by atoms with E-state index >= 15 is 0 Å². The Morgan fingerprint density at radius 3 is 2.86 bits per heavy atom. The minimum Gasteiger partial charge on any atom is -0.382 e. The zero-order chi connectivity index (χ0) is 19.7. The molecule has 3 N–H and O–H groups in total. The number of nitrogens with zero attached hydrogens (tertiary/aromatic N) is 6. The monoisotopic (exact) mass is 380 g/mol. The molecule has 0 aliphatic carbocycles. The molecule has 1 aromatic carbocycles. The Hall–Kier alpha value is -3.36. The number of nitrogens with two attached hydrogens (primary N) is 1. The Bertz CT molecular complexity index is 1010. The van der Waals surface area contributed by atoms with Gasteiger partial charge in [-0.1, -0.05) is 6.07 Å². The van der Waals surface area contributed by atoms with Crippen LogP contribution in [0.15, 0.2) is 30.6 Å². The van der Waals surface area contributed by atoms with Crippen molar-refractivity contribution in [2.45, 2.75) is 19.4 Å². The molecular formula is C19H24N8O. The number of anilines is 4. The van der Waals surface area contributed by atoms with Gasteiger partial charge in [0.1, 0.15) is 5.52 Å². The summed E-state index contributed by atoms with van der Waals surface area (Å²) >= 11 is 0. The van der Waals surface area contributed by atoms with Gasteiger partial charge in [0.2, 0.25) is 11.9 Å². The molecule has 1 saturated heterocycles. The molecule has 0 saturated carbocycles. The standard InChI is InChI=1S/C19H24N8O/c1-25(2)14-6-3-5-13(11-14)22-19-23-17(20)16-18(24-19)27(12-21-16)10-9-26-8-4-7-15(26)28/h3,5-6,11-12H,4,7-10H2,1-2H3,(H3,20,22,23,24). The molecule has 146 valence electrons. The number of amides is 1. The second-order valence-electron chi connectivity index (χ2n) is 7.10. The first-order valence-corrected chi connectivity index (χ1v) is 9.32. The lowest BCUT2D eigenvalue weighted by Gasteiger charge is -2.16. The van der Waals surface area contributed by atoms with Crippen LogP contribution >= 0.6 is 0 Å². The highest BCUT2D eigenvalue weighted by atomic mass is 16.2. The van der Waals surface area contributed by atoms with Crippen molar-refractivity contribution in [3.05, 3.63) is 30.6 Å². The molecule has 0 bridgehead atoms. The second-order valence-corrected chi connectivity index (χ2v) is 7.10. The molecule has 1 amide bonds. The molecule has 0 spiro atoms. The van der Waals surface area contributed by atoms with Crippen LogP contribution in [0.5, 0.6) is 0 Å². The lowest BCUT2D eigenvalue weighted by Crippen LogP contribution is -2.28. The van der Waals surface area contributed by atoms with Crippen LogP contribution in [0.25, 0.3) is 11.2 Å². The van der Waals surface area contributed by atoms with Crippen LogP contribution in [0.1, 0.15) is 12.8 Å². The highest BCUT2D eigenvalue weighted by Crippen LogP contribution is 2.23. The van der Waals surface area contributed by atoms with Gasteiger partial charge in [0.25, 0.3) is 0 Å². The van der Waals surface area contributed by atoms with Crippen molar-refractivity contribution in [2.75, 3.05) is 43.1 Å². The number of fused-ring (bicyclic) bond motifs is 1. The van der Waals surface area contributed by atoms with Crippen LogP contribution in [0, 0.1) is 0 Å². The summed E-state index contributed by atoms with van der Waals surface area (Å²) in [7, 11) is 3.98. The fraction of sp³-hybridized carbons (Fsp3) is 0.368. The van der Waals surface area contributed by atoms with Gasteiger partial charge in [0.15, 0.2) is 11.5 Å². The van der Waals surface area contributed by atoms with Gasteiger partial charge in [-0.25, -0.2) is 4.98 Å². The minimum atomic E-state index is 0.210. The van der Waals surface area contributed by atoms with Gasteiger partial charge >= 0.3 is 0 Å². The summed E-state index contributed by atoms with van der Waals surface area (Å²) in [5.74, 6) is 0.953. The summed E-state index contributed by atoms with van der Waals surface area (Å²) in [6.07, 6.45) is 3.27. The van der Waals surface area contributed by atoms with Gasteiger partial charge in [0, 0.05) is 51.5 Å². The predicted octanol–water partition coefficient (Wildman–Crippen LogP) is 1.84. The fourth-order valence-corrected chi connectivity index (χ4v) is 3.35. The fourth-order valence-electron chi connectivity index (χ4n) is 3.35. The average molecular weight is 380 g/mol. The third-order valence-electron chi connectivity index (χ3n) is 4.89. The van der Waals surface area contributed by atoms with Crippen LogP contribution < -0.4 is 16.0 Å². The maximum absolute atomic E-state index is 11.8. The number of hydrogen-bond acceptors (Lipinski definition) is 7. The smallest absolute Gasteiger partial charge is 0.231 e. The van der Waals surface area contributed by atoms with Crippen molar-refractivity contribution in [1.29, 1.82) is 0 Å². The number of aromatic nitrogens is 4. The number of rotatable bonds is 6. The van der Waals surface area contributed by atoms with Crippen molar-refractivity contribution in [2.24, 2.45) is 0 Å². The van der Waals surface area contributed by atoms with Gasteiger partial charge in [-0.15, -0.1) is 0 Å². The van der Waals surface area contributed by atoms with Crippen LogP contribution in [-0.4, -0.2) is 57.5 Å². The van der Waals surface area contributed by atoms with E-state index in [1.807, 2.05) is 52.7 Å². The quantitative estimate of drug-likeness (QED) is 0.672. The summed E-state index contributed by atoms with van der Waals surface area (Å²) in [5.41, 5.74) is 9.27. The van der Waals surface area contributed by atoms with Crippen LogP contribution in [0.2, 0.25) is 0 Å². The van der Waals surface area contributed by atoms with Crippen molar-refractivity contribution in [3.8, 4) is 0 Å². The third-order valence-corrected chi connectivity index (χ3v) is 4.89. The van der Waals surface area contributed by atoms with Crippen molar-refractivity contribution < 1.29 is 4.79 Å². The van der Waals surface area contributed by atoms with Gasteiger partial charge in [0.05, 0.1) is 6.33 Å². The van der Waals surface area contributed by atoms with E-state index in [1.54, 1.807) is 6.33 Å². The number of carbonyl (C=O) groups is 1. The molecule has 9 heteroatoms. The largest absolute Gasteiger partial charge is 0.382 e. The summed E-state index contributed by atoms with van der Waals surface area (Å²) in [6.45, 7) is 2.08. The summed E-state index contributed by atoms with van der Waals surface area (Å²) in [4.78, 5) is 29.0. The van der Waals surface area contributed by atoms with Gasteiger partial charge in [-0.05, 0) is 24.6 Å².